The summed E-state index contributed by atoms with van der Waals surface area (Å²) in [6, 6.07) is -0.265. The van der Waals surface area contributed by atoms with E-state index in [1.54, 1.807) is 0 Å². The van der Waals surface area contributed by atoms with Crippen LogP contribution in [0.15, 0.2) is 39.1 Å². The van der Waals surface area contributed by atoms with E-state index in [0.717, 1.165) is 6.42 Å². The molecule has 0 radical (unpaired) electrons. The second-order valence-electron chi connectivity index (χ2n) is 5.17. The summed E-state index contributed by atoms with van der Waals surface area (Å²) in [4.78, 5) is 4.24. The molecule has 7 heteroatoms. The molecule has 0 saturated carbocycles. The van der Waals surface area contributed by atoms with E-state index in [2.05, 4.69) is 11.6 Å². The normalized spacial score (nSPS) is 17.3. The highest BCUT2D eigenvalue weighted by Gasteiger charge is 2.26. The zero-order chi connectivity index (χ0) is 17.6. The minimum absolute atomic E-state index is 0.121. The van der Waals surface area contributed by atoms with Crippen molar-refractivity contribution >= 4 is 23.7 Å². The highest BCUT2D eigenvalue weighted by atomic mass is 32.2. The van der Waals surface area contributed by atoms with Crippen molar-refractivity contribution in [1.82, 2.24) is 0 Å². The van der Waals surface area contributed by atoms with Gasteiger partial charge in [-0.05, 0) is 37.5 Å². The van der Waals surface area contributed by atoms with E-state index < -0.39 is 12.0 Å². The van der Waals surface area contributed by atoms with Crippen molar-refractivity contribution in [2.75, 3.05) is 5.75 Å². The maximum atomic E-state index is 14.8. The van der Waals surface area contributed by atoms with Crippen LogP contribution in [0.4, 0.5) is 8.78 Å². The Morgan fingerprint density at radius 2 is 2.17 bits per heavy atom. The Morgan fingerprint density at radius 3 is 2.70 bits per heavy atom. The minimum atomic E-state index is -1.19. The molecule has 0 saturated heterocycles. The predicted molar refractivity (Wildman–Crippen MR) is 93.0 cm³/mol. The lowest BCUT2D eigenvalue weighted by atomic mass is 9.93. The van der Waals surface area contributed by atoms with Crippen molar-refractivity contribution < 1.29 is 13.5 Å². The molecule has 1 rings (SSSR count). The predicted octanol–water partition coefficient (Wildman–Crippen LogP) is 4.60. The van der Waals surface area contributed by atoms with E-state index in [9.17, 15) is 8.78 Å². The van der Waals surface area contributed by atoms with Gasteiger partial charge in [0.2, 0.25) is 0 Å². The van der Waals surface area contributed by atoms with E-state index in [1.807, 2.05) is 6.92 Å². The fourth-order valence-corrected chi connectivity index (χ4v) is 3.26. The molecule has 1 aliphatic carbocycles. The first kappa shape index (κ1) is 19.4. The topological polar surface area (TPSA) is 71.5 Å². The quantitative estimate of drug-likeness (QED) is 0.547. The van der Waals surface area contributed by atoms with E-state index >= 15 is 0 Å². The largest absolute Gasteiger partial charge is 0.412 e. The number of ether oxygens (including phenoxy) is 1. The molecule has 0 aromatic carbocycles. The SMILES string of the molecule is C=C(N=C(N)OC(C)=N)C1=C(F)C(SCCC)=C(C(C)F)CC1. The first-order valence-electron chi connectivity index (χ1n) is 7.43. The van der Waals surface area contributed by atoms with Gasteiger partial charge in [0.05, 0.1) is 5.70 Å². The molecule has 4 nitrogen and oxygen atoms in total. The maximum absolute atomic E-state index is 14.8. The molecular weight excluding hydrogens is 320 g/mol. The van der Waals surface area contributed by atoms with Gasteiger partial charge >= 0.3 is 0 Å². The van der Waals surface area contributed by atoms with Gasteiger partial charge in [0.15, 0.2) is 5.90 Å². The summed E-state index contributed by atoms with van der Waals surface area (Å²) in [6.45, 7) is 8.53. The van der Waals surface area contributed by atoms with Gasteiger partial charge in [-0.2, -0.15) is 4.99 Å². The number of amidine groups is 1. The molecule has 0 aliphatic heterocycles. The van der Waals surface area contributed by atoms with Gasteiger partial charge < -0.3 is 10.5 Å². The van der Waals surface area contributed by atoms with Crippen LogP contribution in [0.5, 0.6) is 0 Å². The minimum Gasteiger partial charge on any atom is -0.412 e. The summed E-state index contributed by atoms with van der Waals surface area (Å²) in [7, 11) is 0. The van der Waals surface area contributed by atoms with Crippen LogP contribution in [0, 0.1) is 5.41 Å². The van der Waals surface area contributed by atoms with Crippen molar-refractivity contribution in [3.63, 3.8) is 0 Å². The van der Waals surface area contributed by atoms with Gasteiger partial charge in [0.25, 0.3) is 6.02 Å². The van der Waals surface area contributed by atoms with Gasteiger partial charge in [0.1, 0.15) is 12.0 Å². The van der Waals surface area contributed by atoms with Crippen LogP contribution >= 0.6 is 11.8 Å². The van der Waals surface area contributed by atoms with Crippen molar-refractivity contribution in [1.29, 1.82) is 5.41 Å². The molecule has 23 heavy (non-hydrogen) atoms. The monoisotopic (exact) mass is 343 g/mol. The van der Waals surface area contributed by atoms with Crippen LogP contribution in [-0.2, 0) is 4.74 Å². The summed E-state index contributed by atoms with van der Waals surface area (Å²) in [5.74, 6) is 0.104. The van der Waals surface area contributed by atoms with Crippen molar-refractivity contribution in [2.24, 2.45) is 10.7 Å². The number of nitrogens with zero attached hydrogens (tertiary/aromatic N) is 1. The lowest BCUT2D eigenvalue weighted by Crippen LogP contribution is -2.19. The summed E-state index contributed by atoms with van der Waals surface area (Å²) < 4.78 is 33.4. The van der Waals surface area contributed by atoms with Crippen LogP contribution < -0.4 is 5.73 Å². The maximum Gasteiger partial charge on any atom is 0.293 e. The van der Waals surface area contributed by atoms with Crippen molar-refractivity contribution in [3.8, 4) is 0 Å². The standard InChI is InChI=1S/C16H23F2N3OS/c1-5-8-23-15-12(9(2)17)6-7-13(14(15)18)10(3)21-16(20)22-11(4)19/h9,19H,3,5-8H2,1-2,4H3,(H2,20,21). The number of nitrogens with two attached hydrogens (primary N) is 1. The highest BCUT2D eigenvalue weighted by Crippen LogP contribution is 2.42. The summed E-state index contributed by atoms with van der Waals surface area (Å²) in [5, 5.41) is 7.18. The summed E-state index contributed by atoms with van der Waals surface area (Å²) in [5.41, 5.74) is 6.46. The third-order valence-corrected chi connectivity index (χ3v) is 4.52. The number of alkyl halides is 1. The lowest BCUT2D eigenvalue weighted by molar-refractivity contribution is 0.397. The van der Waals surface area contributed by atoms with Crippen LogP contribution in [0.25, 0.3) is 0 Å². The zero-order valence-electron chi connectivity index (χ0n) is 13.7. The number of aliphatic imine (C=N–C) groups is 1. The number of nitrogens with one attached hydrogen (secondary N) is 1. The average Bonchev–Trinajstić information content (AvgIpc) is 2.44. The molecule has 128 valence electrons. The van der Waals surface area contributed by atoms with E-state index in [1.165, 1.54) is 25.6 Å². The van der Waals surface area contributed by atoms with E-state index in [-0.39, 0.29) is 17.6 Å². The number of allylic oxidation sites excluding steroid dienone is 3. The van der Waals surface area contributed by atoms with Gasteiger partial charge in [-0.3, -0.25) is 5.41 Å². The Labute approximate surface area is 140 Å². The molecule has 1 unspecified atom stereocenters. The second-order valence-corrected chi connectivity index (χ2v) is 6.27. The van der Waals surface area contributed by atoms with Gasteiger partial charge in [-0.1, -0.05) is 13.5 Å². The Morgan fingerprint density at radius 1 is 1.52 bits per heavy atom. The molecule has 0 amide bonds. The molecule has 1 aliphatic rings. The molecule has 0 spiro atoms. The molecule has 1 atom stereocenters. The molecule has 0 aromatic heterocycles. The van der Waals surface area contributed by atoms with Crippen LogP contribution in [0.3, 0.4) is 0 Å². The summed E-state index contributed by atoms with van der Waals surface area (Å²) in [6.07, 6.45) is 0.409. The number of halogens is 2. The van der Waals surface area contributed by atoms with E-state index in [0.29, 0.717) is 34.6 Å². The average molecular weight is 343 g/mol. The summed E-state index contributed by atoms with van der Waals surface area (Å²) >= 11 is 1.31. The van der Waals surface area contributed by atoms with E-state index in [4.69, 9.17) is 15.9 Å². The van der Waals surface area contributed by atoms with Crippen molar-refractivity contribution in [2.45, 2.75) is 46.2 Å². The Balaban J connectivity index is 3.13. The molecular formula is C16H23F2N3OS. The Bertz CT molecular complexity index is 580. The lowest BCUT2D eigenvalue weighted by Gasteiger charge is -2.23. The first-order chi connectivity index (χ1) is 10.8. The smallest absolute Gasteiger partial charge is 0.293 e. The number of hydrogen-bond donors (Lipinski definition) is 2. The Hall–Kier alpha value is -1.63. The van der Waals surface area contributed by atoms with Gasteiger partial charge in [0, 0.05) is 17.4 Å². The molecule has 0 heterocycles. The Kier molecular flexibility index (Phi) is 7.48. The second kappa shape index (κ2) is 8.86. The number of thioether (sulfide) groups is 1. The number of hydrogen-bond acceptors (Lipinski definition) is 4. The van der Waals surface area contributed by atoms with Crippen LogP contribution in [-0.4, -0.2) is 23.8 Å². The highest BCUT2D eigenvalue weighted by molar-refractivity contribution is 8.03. The molecule has 3 N–H and O–H groups in total. The first-order valence-corrected chi connectivity index (χ1v) is 8.41. The van der Waals surface area contributed by atoms with Crippen LogP contribution in [0.2, 0.25) is 0 Å². The zero-order valence-corrected chi connectivity index (χ0v) is 14.5. The molecule has 0 fully saturated rings. The fourth-order valence-electron chi connectivity index (χ4n) is 2.15. The van der Waals surface area contributed by atoms with Gasteiger partial charge in [-0.15, -0.1) is 11.8 Å². The van der Waals surface area contributed by atoms with Crippen LogP contribution in [0.1, 0.15) is 40.0 Å². The molecule has 0 bridgehead atoms. The van der Waals surface area contributed by atoms with Gasteiger partial charge in [-0.25, -0.2) is 8.78 Å². The van der Waals surface area contributed by atoms with Crippen molar-refractivity contribution in [3.05, 3.63) is 34.2 Å². The third-order valence-electron chi connectivity index (χ3n) is 3.18. The molecule has 0 aromatic rings. The third kappa shape index (κ3) is 5.49. The fraction of sp³-hybridized carbons (Fsp3) is 0.500. The number of rotatable bonds is 6.